The second kappa shape index (κ2) is 8.88. The summed E-state index contributed by atoms with van der Waals surface area (Å²) in [5.74, 6) is 3.51. The first-order valence-electron chi connectivity index (χ1n) is 9.13. The van der Waals surface area contributed by atoms with Gasteiger partial charge in [0.25, 0.3) is 0 Å². The molecule has 12 heteroatoms. The topological polar surface area (TPSA) is 96.8 Å². The second-order valence-corrected chi connectivity index (χ2v) is 7.59. The Labute approximate surface area is 172 Å². The van der Waals surface area contributed by atoms with Crippen molar-refractivity contribution in [1.29, 1.82) is 0 Å². The minimum absolute atomic E-state index is 0.480. The molecule has 0 aliphatic carbocycles. The van der Waals surface area contributed by atoms with E-state index in [2.05, 4.69) is 29.9 Å². The average molecular weight is 405 g/mol. The van der Waals surface area contributed by atoms with E-state index in [4.69, 9.17) is 0 Å². The summed E-state index contributed by atoms with van der Waals surface area (Å²) in [6.07, 6.45) is 0. The summed E-state index contributed by atoms with van der Waals surface area (Å²) in [5.41, 5.74) is 0. The van der Waals surface area contributed by atoms with Crippen molar-refractivity contribution in [3.05, 3.63) is 0 Å². The Bertz CT molecular complexity index is 700. The molecule has 160 valence electrons. The number of rotatable bonds is 8. The van der Waals surface area contributed by atoms with Gasteiger partial charge in [-0.05, 0) is 0 Å². The van der Waals surface area contributed by atoms with Crippen LogP contribution in [0, 0.1) is 0 Å². The Morgan fingerprint density at radius 1 is 0.379 bits per heavy atom. The van der Waals surface area contributed by atoms with Crippen LogP contribution >= 0.6 is 0 Å². The van der Waals surface area contributed by atoms with Crippen molar-refractivity contribution in [2.45, 2.75) is 0 Å². The largest absolute Gasteiger partial charge is 0.347 e. The monoisotopic (exact) mass is 404 g/mol. The molecule has 2 aromatic heterocycles. The lowest BCUT2D eigenvalue weighted by atomic mass is 10.6. The number of nitrogens with zero attached hydrogens (tertiary/aromatic N) is 12. The predicted octanol–water partition coefficient (Wildman–Crippen LogP) is -0.149. The number of hydrogen-bond acceptors (Lipinski definition) is 12. The molecule has 0 saturated heterocycles. The smallest absolute Gasteiger partial charge is 0.233 e. The molecule has 0 aromatic carbocycles. The van der Waals surface area contributed by atoms with Crippen LogP contribution < -0.4 is 29.4 Å². The average Bonchev–Trinajstić information content (AvgIpc) is 2.66. The zero-order valence-corrected chi connectivity index (χ0v) is 19.1. The Balaban J connectivity index is 2.32. The van der Waals surface area contributed by atoms with Gasteiger partial charge in [0.05, 0.1) is 6.67 Å². The molecule has 0 fully saturated rings. The maximum atomic E-state index is 4.56. The first kappa shape index (κ1) is 22.1. The number of hydrogen-bond donors (Lipinski definition) is 0. The van der Waals surface area contributed by atoms with Gasteiger partial charge in [-0.25, -0.2) is 0 Å². The van der Waals surface area contributed by atoms with Crippen LogP contribution in [0.1, 0.15) is 0 Å². The summed E-state index contributed by atoms with van der Waals surface area (Å²) in [5, 5.41) is 0. The van der Waals surface area contributed by atoms with E-state index in [0.717, 1.165) is 0 Å². The normalized spacial score (nSPS) is 10.6. The molecule has 0 spiro atoms. The van der Waals surface area contributed by atoms with Crippen LogP contribution in [0.15, 0.2) is 0 Å². The standard InChI is InChI=1S/C17H32N12/c1-24(2)12-18-13(25(3)4)21-16(20-12)28(9)11-29(10)17-22-14(26(5)6)19-15(23-17)27(7)8/h11H2,1-10H3. The summed E-state index contributed by atoms with van der Waals surface area (Å²) in [4.78, 5) is 38.4. The van der Waals surface area contributed by atoms with Gasteiger partial charge in [-0.2, -0.15) is 29.9 Å². The van der Waals surface area contributed by atoms with Crippen LogP contribution in [0.3, 0.4) is 0 Å². The van der Waals surface area contributed by atoms with Crippen LogP contribution in [-0.2, 0) is 0 Å². The van der Waals surface area contributed by atoms with E-state index < -0.39 is 0 Å². The molecule has 0 aliphatic rings. The molecule has 0 unspecified atom stereocenters. The SMILES string of the molecule is CN(C)c1nc(N(C)C)nc(N(C)CN(C)c2nc(N(C)C)nc(N(C)C)n2)n1. The van der Waals surface area contributed by atoms with Crippen molar-refractivity contribution >= 4 is 35.7 Å². The van der Waals surface area contributed by atoms with E-state index in [1.54, 1.807) is 0 Å². The fourth-order valence-corrected chi connectivity index (χ4v) is 2.27. The molecule has 0 aliphatic heterocycles. The van der Waals surface area contributed by atoms with Gasteiger partial charge < -0.3 is 29.4 Å². The molecule has 0 N–H and O–H groups in total. The summed E-state index contributed by atoms with van der Waals surface area (Å²) >= 11 is 0. The van der Waals surface area contributed by atoms with Crippen LogP contribution in [-0.4, -0.2) is 107 Å². The van der Waals surface area contributed by atoms with E-state index in [0.29, 0.717) is 42.4 Å². The second-order valence-electron chi connectivity index (χ2n) is 7.59. The third kappa shape index (κ3) is 5.42. The van der Waals surface area contributed by atoms with Crippen LogP contribution in [0.2, 0.25) is 0 Å². The molecule has 0 amide bonds. The zero-order valence-electron chi connectivity index (χ0n) is 19.1. The number of anilines is 6. The fourth-order valence-electron chi connectivity index (χ4n) is 2.27. The van der Waals surface area contributed by atoms with Gasteiger partial charge in [0.15, 0.2) is 0 Å². The van der Waals surface area contributed by atoms with E-state index >= 15 is 0 Å². The highest BCUT2D eigenvalue weighted by atomic mass is 15.4. The summed E-state index contributed by atoms with van der Waals surface area (Å²) in [6.45, 7) is 0.480. The van der Waals surface area contributed by atoms with Gasteiger partial charge in [-0.3, -0.25) is 0 Å². The van der Waals surface area contributed by atoms with Crippen molar-refractivity contribution < 1.29 is 0 Å². The molecular weight excluding hydrogens is 372 g/mol. The highest BCUT2D eigenvalue weighted by Gasteiger charge is 2.17. The van der Waals surface area contributed by atoms with Crippen molar-refractivity contribution in [1.82, 2.24) is 29.9 Å². The van der Waals surface area contributed by atoms with Crippen molar-refractivity contribution in [2.75, 3.05) is 107 Å². The molecule has 2 heterocycles. The van der Waals surface area contributed by atoms with Gasteiger partial charge in [0, 0.05) is 70.5 Å². The van der Waals surface area contributed by atoms with E-state index in [1.807, 2.05) is 99.9 Å². The fraction of sp³-hybridized carbons (Fsp3) is 0.647. The van der Waals surface area contributed by atoms with E-state index in [9.17, 15) is 0 Å². The third-order valence-electron chi connectivity index (χ3n) is 3.91. The maximum absolute atomic E-state index is 4.56. The van der Waals surface area contributed by atoms with Crippen LogP contribution in [0.5, 0.6) is 0 Å². The van der Waals surface area contributed by atoms with Crippen molar-refractivity contribution in [3.63, 3.8) is 0 Å². The van der Waals surface area contributed by atoms with Gasteiger partial charge >= 0.3 is 0 Å². The molecule has 2 rings (SSSR count). The lowest BCUT2D eigenvalue weighted by Crippen LogP contribution is -2.36. The lowest BCUT2D eigenvalue weighted by Gasteiger charge is -2.27. The van der Waals surface area contributed by atoms with Crippen molar-refractivity contribution in [3.8, 4) is 0 Å². The first-order valence-corrected chi connectivity index (χ1v) is 9.13. The zero-order chi connectivity index (χ0) is 21.9. The van der Waals surface area contributed by atoms with Crippen LogP contribution in [0.4, 0.5) is 35.7 Å². The Morgan fingerprint density at radius 2 is 0.586 bits per heavy atom. The molecule has 0 atom stereocenters. The molecule has 29 heavy (non-hydrogen) atoms. The minimum atomic E-state index is 0.480. The Morgan fingerprint density at radius 3 is 0.793 bits per heavy atom. The molecule has 0 saturated carbocycles. The number of aromatic nitrogens is 6. The Hall–Kier alpha value is -3.18. The molecule has 0 bridgehead atoms. The third-order valence-corrected chi connectivity index (χ3v) is 3.91. The van der Waals surface area contributed by atoms with E-state index in [1.165, 1.54) is 0 Å². The van der Waals surface area contributed by atoms with Gasteiger partial charge in [-0.15, -0.1) is 0 Å². The summed E-state index contributed by atoms with van der Waals surface area (Å²) in [6, 6.07) is 0. The first-order chi connectivity index (χ1) is 13.5. The molecule has 0 radical (unpaired) electrons. The predicted molar refractivity (Wildman–Crippen MR) is 119 cm³/mol. The highest BCUT2D eigenvalue weighted by Crippen LogP contribution is 2.19. The highest BCUT2D eigenvalue weighted by molar-refractivity contribution is 5.48. The Kier molecular flexibility index (Phi) is 6.77. The maximum Gasteiger partial charge on any atom is 0.233 e. The minimum Gasteiger partial charge on any atom is -0.347 e. The van der Waals surface area contributed by atoms with Gasteiger partial charge in [0.1, 0.15) is 0 Å². The van der Waals surface area contributed by atoms with Gasteiger partial charge in [-0.1, -0.05) is 0 Å². The molecule has 12 nitrogen and oxygen atoms in total. The van der Waals surface area contributed by atoms with E-state index in [-0.39, 0.29) is 0 Å². The molecular formula is C17H32N12. The van der Waals surface area contributed by atoms with Crippen molar-refractivity contribution in [2.24, 2.45) is 0 Å². The lowest BCUT2D eigenvalue weighted by molar-refractivity contribution is 0.775. The quantitative estimate of drug-likeness (QED) is 0.547. The summed E-state index contributed by atoms with van der Waals surface area (Å²) < 4.78 is 0. The molecule has 2 aromatic rings. The summed E-state index contributed by atoms with van der Waals surface area (Å²) in [7, 11) is 19.1. The van der Waals surface area contributed by atoms with Crippen LogP contribution in [0.25, 0.3) is 0 Å². The van der Waals surface area contributed by atoms with Gasteiger partial charge in [0.2, 0.25) is 35.7 Å².